The predicted molar refractivity (Wildman–Crippen MR) is 115 cm³/mol. The quantitative estimate of drug-likeness (QED) is 0.734. The van der Waals surface area contributed by atoms with Gasteiger partial charge in [-0.15, -0.1) is 0 Å². The van der Waals surface area contributed by atoms with Crippen LogP contribution < -0.4 is 10.1 Å². The maximum absolute atomic E-state index is 12.7. The second-order valence-corrected chi connectivity index (χ2v) is 8.39. The number of likely N-dealkylation sites (tertiary alicyclic amines) is 2. The van der Waals surface area contributed by atoms with E-state index in [1.54, 1.807) is 25.1 Å². The molecule has 4 rings (SSSR count). The number of nitrogens with one attached hydrogen (secondary N) is 1. The zero-order chi connectivity index (χ0) is 22.7. The van der Waals surface area contributed by atoms with Gasteiger partial charge in [0.15, 0.2) is 0 Å². The molecule has 0 aliphatic carbocycles. The van der Waals surface area contributed by atoms with Crippen LogP contribution in [-0.2, 0) is 16.1 Å². The lowest BCUT2D eigenvalue weighted by Crippen LogP contribution is -2.42. The lowest BCUT2D eigenvalue weighted by atomic mass is 9.92. The number of carbonyl (C=O) groups excluding carboxylic acids is 3. The average Bonchev–Trinajstić information content (AvgIpc) is 3.44. The maximum Gasteiger partial charge on any atom is 0.290 e. The molecule has 1 N–H and O–H groups in total. The molecule has 1 unspecified atom stereocenters. The average molecular weight is 441 g/mol. The van der Waals surface area contributed by atoms with E-state index < -0.39 is 0 Å². The van der Waals surface area contributed by atoms with Gasteiger partial charge in [0, 0.05) is 57.2 Å². The third kappa shape index (κ3) is 4.61. The minimum atomic E-state index is -0.336. The number of carbonyl (C=O) groups is 3. The Morgan fingerprint density at radius 3 is 2.69 bits per heavy atom. The van der Waals surface area contributed by atoms with Crippen molar-refractivity contribution in [2.24, 2.45) is 5.92 Å². The highest BCUT2D eigenvalue weighted by molar-refractivity contribution is 5.91. The Kier molecular flexibility index (Phi) is 6.43. The van der Waals surface area contributed by atoms with Crippen molar-refractivity contribution < 1.29 is 23.6 Å². The summed E-state index contributed by atoms with van der Waals surface area (Å²) in [5, 5.41) is 6.93. The molecule has 9 nitrogen and oxygen atoms in total. The fourth-order valence-corrected chi connectivity index (χ4v) is 4.38. The largest absolute Gasteiger partial charge is 0.496 e. The summed E-state index contributed by atoms with van der Waals surface area (Å²) in [4.78, 5) is 40.4. The molecule has 3 heterocycles. The van der Waals surface area contributed by atoms with Crippen molar-refractivity contribution in [3.05, 3.63) is 47.3 Å². The van der Waals surface area contributed by atoms with E-state index in [1.807, 2.05) is 29.2 Å². The molecule has 1 aromatic carbocycles. The molecule has 2 fully saturated rings. The standard InChI is InChI=1S/C23H28N4O5/c1-26-14-17(11-21(26)28)23(30)27-9-7-15(8-10-27)18-12-20(32-25-18)22(29)24-13-16-5-3-4-6-19(16)31-2/h3-6,12,15,17H,7-11,13-14H2,1-2H3,(H,24,29). The van der Waals surface area contributed by atoms with Gasteiger partial charge in [0.1, 0.15) is 5.75 Å². The number of ether oxygens (including phenoxy) is 1. The first kappa shape index (κ1) is 21.9. The molecule has 0 bridgehead atoms. The molecule has 1 aromatic heterocycles. The molecule has 2 saturated heterocycles. The molecule has 0 radical (unpaired) electrons. The van der Waals surface area contributed by atoms with E-state index in [-0.39, 0.29) is 35.3 Å². The van der Waals surface area contributed by atoms with Gasteiger partial charge in [-0.2, -0.15) is 0 Å². The number of amides is 3. The molecule has 170 valence electrons. The Labute approximate surface area is 186 Å². The summed E-state index contributed by atoms with van der Waals surface area (Å²) >= 11 is 0. The van der Waals surface area contributed by atoms with E-state index >= 15 is 0 Å². The van der Waals surface area contributed by atoms with Crippen LogP contribution in [-0.4, -0.2) is 66.5 Å². The fraction of sp³-hybridized carbons (Fsp3) is 0.478. The van der Waals surface area contributed by atoms with Crippen molar-refractivity contribution in [2.45, 2.75) is 31.7 Å². The molecule has 9 heteroatoms. The van der Waals surface area contributed by atoms with E-state index in [0.29, 0.717) is 38.3 Å². The Hall–Kier alpha value is -3.36. The number of nitrogens with zero attached hydrogens (tertiary/aromatic N) is 3. The van der Waals surface area contributed by atoms with Gasteiger partial charge in [-0.25, -0.2) is 0 Å². The molecule has 0 spiro atoms. The van der Waals surface area contributed by atoms with Crippen LogP contribution in [0.1, 0.15) is 47.0 Å². The van der Waals surface area contributed by atoms with Crippen LogP contribution in [0.5, 0.6) is 5.75 Å². The summed E-state index contributed by atoms with van der Waals surface area (Å²) in [6, 6.07) is 9.17. The number of hydrogen-bond donors (Lipinski definition) is 1. The number of rotatable bonds is 6. The first-order valence-electron chi connectivity index (χ1n) is 10.9. The highest BCUT2D eigenvalue weighted by Crippen LogP contribution is 2.29. The Balaban J connectivity index is 1.29. The van der Waals surface area contributed by atoms with Crippen molar-refractivity contribution in [1.82, 2.24) is 20.3 Å². The molecule has 0 saturated carbocycles. The lowest BCUT2D eigenvalue weighted by Gasteiger charge is -2.32. The molecule has 32 heavy (non-hydrogen) atoms. The summed E-state index contributed by atoms with van der Waals surface area (Å²) in [5.41, 5.74) is 1.60. The van der Waals surface area contributed by atoms with E-state index in [4.69, 9.17) is 9.26 Å². The monoisotopic (exact) mass is 440 g/mol. The predicted octanol–water partition coefficient (Wildman–Crippen LogP) is 1.80. The first-order valence-corrected chi connectivity index (χ1v) is 10.9. The highest BCUT2D eigenvalue weighted by Gasteiger charge is 2.36. The van der Waals surface area contributed by atoms with Crippen LogP contribution >= 0.6 is 0 Å². The SMILES string of the molecule is COc1ccccc1CNC(=O)c1cc(C2CCN(C(=O)C3CC(=O)N(C)C3)CC2)no1. The number of hydrogen-bond acceptors (Lipinski definition) is 6. The van der Waals surface area contributed by atoms with Crippen molar-refractivity contribution in [3.8, 4) is 5.75 Å². The minimum absolute atomic E-state index is 0.0253. The van der Waals surface area contributed by atoms with Gasteiger partial charge in [0.05, 0.1) is 18.7 Å². The van der Waals surface area contributed by atoms with Crippen LogP contribution in [0.4, 0.5) is 0 Å². The van der Waals surface area contributed by atoms with Crippen molar-refractivity contribution in [1.29, 1.82) is 0 Å². The van der Waals surface area contributed by atoms with Crippen LogP contribution in [0.15, 0.2) is 34.9 Å². The van der Waals surface area contributed by atoms with E-state index in [2.05, 4.69) is 10.5 Å². The summed E-state index contributed by atoms with van der Waals surface area (Å²) in [5.74, 6) is 0.510. The normalized spacial score (nSPS) is 19.3. The summed E-state index contributed by atoms with van der Waals surface area (Å²) < 4.78 is 10.6. The van der Waals surface area contributed by atoms with Gasteiger partial charge in [-0.05, 0) is 18.9 Å². The van der Waals surface area contributed by atoms with Gasteiger partial charge in [-0.1, -0.05) is 23.4 Å². The molecular formula is C23H28N4O5. The smallest absolute Gasteiger partial charge is 0.290 e. The van der Waals surface area contributed by atoms with Gasteiger partial charge in [0.25, 0.3) is 5.91 Å². The Morgan fingerprint density at radius 2 is 2.00 bits per heavy atom. The van der Waals surface area contributed by atoms with E-state index in [1.165, 1.54) is 0 Å². The second kappa shape index (κ2) is 9.42. The summed E-state index contributed by atoms with van der Waals surface area (Å²) in [6.07, 6.45) is 1.79. The fourth-order valence-electron chi connectivity index (χ4n) is 4.38. The summed E-state index contributed by atoms with van der Waals surface area (Å²) in [7, 11) is 3.32. The Morgan fingerprint density at radius 1 is 1.25 bits per heavy atom. The van der Waals surface area contributed by atoms with E-state index in [0.717, 1.165) is 24.1 Å². The Bertz CT molecular complexity index is 996. The van der Waals surface area contributed by atoms with Crippen molar-refractivity contribution in [2.75, 3.05) is 33.8 Å². The number of benzene rings is 1. The topological polar surface area (TPSA) is 105 Å². The zero-order valence-corrected chi connectivity index (χ0v) is 18.4. The van der Waals surface area contributed by atoms with Crippen molar-refractivity contribution in [3.63, 3.8) is 0 Å². The zero-order valence-electron chi connectivity index (χ0n) is 18.4. The minimum Gasteiger partial charge on any atom is -0.496 e. The van der Waals surface area contributed by atoms with Crippen LogP contribution in [0.2, 0.25) is 0 Å². The molecule has 3 amide bonds. The van der Waals surface area contributed by atoms with Crippen LogP contribution in [0, 0.1) is 5.92 Å². The van der Waals surface area contributed by atoms with Gasteiger partial charge in [0.2, 0.25) is 17.6 Å². The molecule has 2 aliphatic heterocycles. The van der Waals surface area contributed by atoms with Gasteiger partial charge in [-0.3, -0.25) is 14.4 Å². The number of piperidine rings is 1. The van der Waals surface area contributed by atoms with Crippen molar-refractivity contribution >= 4 is 17.7 Å². The van der Waals surface area contributed by atoms with E-state index in [9.17, 15) is 14.4 Å². The van der Waals surface area contributed by atoms with Gasteiger partial charge < -0.3 is 24.4 Å². The van der Waals surface area contributed by atoms with Gasteiger partial charge >= 0.3 is 0 Å². The highest BCUT2D eigenvalue weighted by atomic mass is 16.5. The third-order valence-corrected chi connectivity index (χ3v) is 6.30. The molecule has 2 aromatic rings. The third-order valence-electron chi connectivity index (χ3n) is 6.30. The maximum atomic E-state index is 12.7. The summed E-state index contributed by atoms with van der Waals surface area (Å²) in [6.45, 7) is 2.03. The van der Waals surface area contributed by atoms with Crippen LogP contribution in [0.3, 0.4) is 0 Å². The number of methoxy groups -OCH3 is 1. The molecule has 1 atom stereocenters. The lowest BCUT2D eigenvalue weighted by molar-refractivity contribution is -0.136. The molecule has 2 aliphatic rings. The second-order valence-electron chi connectivity index (χ2n) is 8.39. The van der Waals surface area contributed by atoms with Crippen LogP contribution in [0.25, 0.3) is 0 Å². The first-order chi connectivity index (χ1) is 15.5. The number of para-hydroxylation sites is 1. The number of aromatic nitrogens is 1. The molecular weight excluding hydrogens is 412 g/mol.